The zero-order valence-corrected chi connectivity index (χ0v) is 10.0. The molecule has 1 aromatic rings. The van der Waals surface area contributed by atoms with E-state index in [-0.39, 0.29) is 11.9 Å². The molecule has 3 nitrogen and oxygen atoms in total. The van der Waals surface area contributed by atoms with Crippen LogP contribution in [0.4, 0.5) is 0 Å². The maximum Gasteiger partial charge on any atom is 0.306 e. The molecule has 0 aliphatic carbocycles. The molecular formula is C13H18O3. The van der Waals surface area contributed by atoms with Crippen LogP contribution in [-0.2, 0) is 9.53 Å². The van der Waals surface area contributed by atoms with E-state index in [1.807, 2.05) is 38.1 Å². The number of benzene rings is 1. The van der Waals surface area contributed by atoms with Crippen LogP contribution >= 0.6 is 0 Å². The van der Waals surface area contributed by atoms with E-state index in [0.717, 1.165) is 11.3 Å². The number of carbonyl (C=O) groups excluding carboxylic acids is 1. The molecule has 16 heavy (non-hydrogen) atoms. The molecule has 0 amide bonds. The highest BCUT2D eigenvalue weighted by atomic mass is 16.5. The molecule has 0 aliphatic rings. The zero-order valence-electron chi connectivity index (χ0n) is 10.0. The van der Waals surface area contributed by atoms with Crippen molar-refractivity contribution >= 4 is 5.97 Å². The SMILES string of the molecule is CCOc1ccc(C(C)CC(=O)OC)cc1. The summed E-state index contributed by atoms with van der Waals surface area (Å²) in [7, 11) is 1.41. The first-order chi connectivity index (χ1) is 7.67. The highest BCUT2D eigenvalue weighted by molar-refractivity contribution is 5.70. The highest BCUT2D eigenvalue weighted by Crippen LogP contribution is 2.22. The summed E-state index contributed by atoms with van der Waals surface area (Å²) in [6.07, 6.45) is 0.407. The van der Waals surface area contributed by atoms with E-state index in [2.05, 4.69) is 4.74 Å². The van der Waals surface area contributed by atoms with Gasteiger partial charge in [0, 0.05) is 0 Å². The van der Waals surface area contributed by atoms with E-state index in [1.54, 1.807) is 0 Å². The molecule has 0 bridgehead atoms. The third-order valence-corrected chi connectivity index (χ3v) is 2.46. The van der Waals surface area contributed by atoms with Gasteiger partial charge in [-0.2, -0.15) is 0 Å². The molecule has 1 rings (SSSR count). The lowest BCUT2D eigenvalue weighted by atomic mass is 9.98. The standard InChI is InChI=1S/C13H18O3/c1-4-16-12-7-5-11(6-8-12)10(2)9-13(14)15-3/h5-8,10H,4,9H2,1-3H3. The summed E-state index contributed by atoms with van der Waals surface area (Å²) >= 11 is 0. The second-order valence-corrected chi connectivity index (χ2v) is 3.68. The van der Waals surface area contributed by atoms with Gasteiger partial charge >= 0.3 is 5.97 Å². The topological polar surface area (TPSA) is 35.5 Å². The van der Waals surface area contributed by atoms with Crippen LogP contribution in [0.1, 0.15) is 31.7 Å². The van der Waals surface area contributed by atoms with E-state index in [4.69, 9.17) is 4.74 Å². The molecule has 0 heterocycles. The smallest absolute Gasteiger partial charge is 0.306 e. The first kappa shape index (κ1) is 12.6. The van der Waals surface area contributed by atoms with E-state index in [0.29, 0.717) is 13.0 Å². The summed E-state index contributed by atoms with van der Waals surface area (Å²) in [5.74, 6) is 0.848. The van der Waals surface area contributed by atoms with Crippen LogP contribution in [0.3, 0.4) is 0 Å². The minimum Gasteiger partial charge on any atom is -0.494 e. The lowest BCUT2D eigenvalue weighted by molar-refractivity contribution is -0.140. The van der Waals surface area contributed by atoms with Crippen LogP contribution in [0.2, 0.25) is 0 Å². The number of hydrogen-bond acceptors (Lipinski definition) is 3. The predicted molar refractivity (Wildman–Crippen MR) is 62.7 cm³/mol. The number of esters is 1. The van der Waals surface area contributed by atoms with Crippen LogP contribution in [0, 0.1) is 0 Å². The van der Waals surface area contributed by atoms with Crippen molar-refractivity contribution in [3.63, 3.8) is 0 Å². The summed E-state index contributed by atoms with van der Waals surface area (Å²) in [6.45, 7) is 4.62. The van der Waals surface area contributed by atoms with Gasteiger partial charge in [-0.25, -0.2) is 0 Å². The zero-order chi connectivity index (χ0) is 12.0. The largest absolute Gasteiger partial charge is 0.494 e. The Labute approximate surface area is 96.4 Å². The highest BCUT2D eigenvalue weighted by Gasteiger charge is 2.11. The van der Waals surface area contributed by atoms with Gasteiger partial charge in [0.25, 0.3) is 0 Å². The van der Waals surface area contributed by atoms with E-state index in [1.165, 1.54) is 7.11 Å². The van der Waals surface area contributed by atoms with Gasteiger partial charge in [0.15, 0.2) is 0 Å². The molecule has 0 fully saturated rings. The molecule has 0 aliphatic heterocycles. The fourth-order valence-corrected chi connectivity index (χ4v) is 1.51. The van der Waals surface area contributed by atoms with Crippen LogP contribution in [-0.4, -0.2) is 19.7 Å². The van der Waals surface area contributed by atoms with Crippen molar-refractivity contribution in [2.75, 3.05) is 13.7 Å². The average Bonchev–Trinajstić information content (AvgIpc) is 2.30. The van der Waals surface area contributed by atoms with Crippen LogP contribution in [0.15, 0.2) is 24.3 Å². The number of methoxy groups -OCH3 is 1. The minimum absolute atomic E-state index is 0.170. The first-order valence-corrected chi connectivity index (χ1v) is 5.47. The normalized spacial score (nSPS) is 11.9. The van der Waals surface area contributed by atoms with Crippen molar-refractivity contribution in [2.45, 2.75) is 26.2 Å². The van der Waals surface area contributed by atoms with Gasteiger partial charge in [0.05, 0.1) is 20.1 Å². The third-order valence-electron chi connectivity index (χ3n) is 2.46. The molecular weight excluding hydrogens is 204 g/mol. The Balaban J connectivity index is 2.62. The van der Waals surface area contributed by atoms with Gasteiger partial charge in [0.2, 0.25) is 0 Å². The molecule has 0 spiro atoms. The van der Waals surface area contributed by atoms with Crippen molar-refractivity contribution < 1.29 is 14.3 Å². The van der Waals surface area contributed by atoms with Crippen molar-refractivity contribution in [3.05, 3.63) is 29.8 Å². The molecule has 1 aromatic carbocycles. The number of ether oxygens (including phenoxy) is 2. The van der Waals surface area contributed by atoms with Crippen LogP contribution in [0.5, 0.6) is 5.75 Å². The molecule has 0 N–H and O–H groups in total. The molecule has 0 saturated carbocycles. The minimum atomic E-state index is -0.179. The molecule has 0 saturated heterocycles. The Morgan fingerprint density at radius 2 is 1.94 bits per heavy atom. The molecule has 3 heteroatoms. The Hall–Kier alpha value is -1.51. The molecule has 1 unspecified atom stereocenters. The van der Waals surface area contributed by atoms with Gasteiger partial charge < -0.3 is 9.47 Å². The van der Waals surface area contributed by atoms with Crippen molar-refractivity contribution in [1.82, 2.24) is 0 Å². The maximum atomic E-state index is 11.1. The van der Waals surface area contributed by atoms with Gasteiger partial charge in [-0.05, 0) is 30.5 Å². The first-order valence-electron chi connectivity index (χ1n) is 5.47. The number of carbonyl (C=O) groups is 1. The van der Waals surface area contributed by atoms with Crippen molar-refractivity contribution in [1.29, 1.82) is 0 Å². The second kappa shape index (κ2) is 6.16. The fourth-order valence-electron chi connectivity index (χ4n) is 1.51. The molecule has 0 aromatic heterocycles. The molecule has 1 atom stereocenters. The van der Waals surface area contributed by atoms with Crippen molar-refractivity contribution in [2.24, 2.45) is 0 Å². The predicted octanol–water partition coefficient (Wildman–Crippen LogP) is 2.75. The summed E-state index contributed by atoms with van der Waals surface area (Å²) in [5, 5.41) is 0. The fraction of sp³-hybridized carbons (Fsp3) is 0.462. The van der Waals surface area contributed by atoms with Gasteiger partial charge in [-0.15, -0.1) is 0 Å². The van der Waals surface area contributed by atoms with Gasteiger partial charge in [0.1, 0.15) is 5.75 Å². The lowest BCUT2D eigenvalue weighted by Crippen LogP contribution is -2.05. The van der Waals surface area contributed by atoms with Gasteiger partial charge in [-0.1, -0.05) is 19.1 Å². The average molecular weight is 222 g/mol. The number of hydrogen-bond donors (Lipinski definition) is 0. The van der Waals surface area contributed by atoms with E-state index >= 15 is 0 Å². The maximum absolute atomic E-state index is 11.1. The monoisotopic (exact) mass is 222 g/mol. The Bertz CT molecular complexity index is 330. The summed E-state index contributed by atoms with van der Waals surface area (Å²) in [6, 6.07) is 7.82. The Kier molecular flexibility index (Phi) is 4.83. The Morgan fingerprint density at radius 3 is 2.44 bits per heavy atom. The van der Waals surface area contributed by atoms with Crippen LogP contribution < -0.4 is 4.74 Å². The second-order valence-electron chi connectivity index (χ2n) is 3.68. The lowest BCUT2D eigenvalue weighted by Gasteiger charge is -2.11. The summed E-state index contributed by atoms with van der Waals surface area (Å²) in [5.41, 5.74) is 1.12. The summed E-state index contributed by atoms with van der Waals surface area (Å²) < 4.78 is 9.99. The van der Waals surface area contributed by atoms with Gasteiger partial charge in [-0.3, -0.25) is 4.79 Å². The van der Waals surface area contributed by atoms with E-state index < -0.39 is 0 Å². The molecule has 0 radical (unpaired) electrons. The quantitative estimate of drug-likeness (QED) is 0.719. The van der Waals surface area contributed by atoms with Crippen LogP contribution in [0.25, 0.3) is 0 Å². The molecule has 88 valence electrons. The Morgan fingerprint density at radius 1 is 1.31 bits per heavy atom. The number of rotatable bonds is 5. The third kappa shape index (κ3) is 3.57. The van der Waals surface area contributed by atoms with Crippen molar-refractivity contribution in [3.8, 4) is 5.75 Å². The van der Waals surface area contributed by atoms with E-state index in [9.17, 15) is 4.79 Å². The summed E-state index contributed by atoms with van der Waals surface area (Å²) in [4.78, 5) is 11.1.